The van der Waals surface area contributed by atoms with Gasteiger partial charge >= 0.3 is 0 Å². The van der Waals surface area contributed by atoms with Crippen LogP contribution < -0.4 is 10.5 Å². The average molecular weight is 475 g/mol. The molecule has 0 saturated heterocycles. The van der Waals surface area contributed by atoms with Crippen LogP contribution in [0.5, 0.6) is 5.75 Å². The summed E-state index contributed by atoms with van der Waals surface area (Å²) in [6.07, 6.45) is 3.41. The molecule has 1 aliphatic carbocycles. The fourth-order valence-electron chi connectivity index (χ4n) is 4.43. The van der Waals surface area contributed by atoms with Crippen molar-refractivity contribution in [2.45, 2.75) is 51.4 Å². The molecule has 0 aromatic heterocycles. The Labute approximate surface area is 185 Å². The number of rotatable bonds is 10. The Hall–Kier alpha value is -2.13. The van der Waals surface area contributed by atoms with E-state index in [1.165, 1.54) is 0 Å². The monoisotopic (exact) mass is 474 g/mol. The van der Waals surface area contributed by atoms with Crippen molar-refractivity contribution in [3.63, 3.8) is 0 Å². The molecule has 160 valence electrons. The fraction of sp³-hybridized carbons (Fsp3) is 0.591. The number of fused-ring (bicyclic) bond motifs is 1. The SMILES string of the molecule is CCCCOC1(OCCCC)N=C(N)C2(C#N)C(c3ccc(OC)c(Br)c3)C12C#N. The predicted octanol–water partition coefficient (Wildman–Crippen LogP) is 4.23. The largest absolute Gasteiger partial charge is 0.496 e. The molecule has 3 atom stereocenters. The van der Waals surface area contributed by atoms with Gasteiger partial charge in [-0.3, -0.25) is 0 Å². The zero-order valence-corrected chi connectivity index (χ0v) is 19.2. The molecule has 1 aromatic carbocycles. The molecule has 0 spiro atoms. The first-order valence-electron chi connectivity index (χ1n) is 10.2. The summed E-state index contributed by atoms with van der Waals surface area (Å²) in [5, 5.41) is 20.6. The number of ether oxygens (including phenoxy) is 3. The van der Waals surface area contributed by atoms with Crippen LogP contribution in [0.1, 0.15) is 51.0 Å². The summed E-state index contributed by atoms with van der Waals surface area (Å²) in [4.78, 5) is 4.48. The second-order valence-corrected chi connectivity index (χ2v) is 8.50. The lowest BCUT2D eigenvalue weighted by Crippen LogP contribution is -2.44. The van der Waals surface area contributed by atoms with E-state index in [2.05, 4.69) is 46.9 Å². The van der Waals surface area contributed by atoms with E-state index >= 15 is 0 Å². The van der Waals surface area contributed by atoms with E-state index in [0.717, 1.165) is 35.7 Å². The average Bonchev–Trinajstić information content (AvgIpc) is 3.32. The van der Waals surface area contributed by atoms with Gasteiger partial charge in [-0.25, -0.2) is 4.99 Å². The predicted molar refractivity (Wildman–Crippen MR) is 116 cm³/mol. The van der Waals surface area contributed by atoms with Crippen molar-refractivity contribution in [1.29, 1.82) is 10.5 Å². The number of methoxy groups -OCH3 is 1. The number of nitrogens with two attached hydrogens (primary N) is 1. The molecule has 0 amide bonds. The Morgan fingerprint density at radius 3 is 2.23 bits per heavy atom. The van der Waals surface area contributed by atoms with E-state index in [-0.39, 0.29) is 5.84 Å². The Morgan fingerprint density at radius 1 is 1.13 bits per heavy atom. The van der Waals surface area contributed by atoms with Crippen LogP contribution in [-0.4, -0.2) is 32.1 Å². The van der Waals surface area contributed by atoms with Gasteiger partial charge in [0.05, 0.1) is 36.9 Å². The third kappa shape index (κ3) is 2.93. The van der Waals surface area contributed by atoms with E-state index in [9.17, 15) is 10.5 Å². The number of hydrogen-bond acceptors (Lipinski definition) is 7. The molecule has 1 saturated carbocycles. The van der Waals surface area contributed by atoms with Gasteiger partial charge in [-0.2, -0.15) is 10.5 Å². The van der Waals surface area contributed by atoms with Crippen LogP contribution in [0, 0.1) is 33.5 Å². The quantitative estimate of drug-likeness (QED) is 0.400. The van der Waals surface area contributed by atoms with E-state index in [4.69, 9.17) is 19.9 Å². The summed E-state index contributed by atoms with van der Waals surface area (Å²) in [6.45, 7) is 4.83. The molecule has 8 heteroatoms. The summed E-state index contributed by atoms with van der Waals surface area (Å²) < 4.78 is 18.3. The molecule has 1 fully saturated rings. The molecule has 0 bridgehead atoms. The number of hydrogen-bond donors (Lipinski definition) is 1. The lowest BCUT2D eigenvalue weighted by Gasteiger charge is -2.32. The van der Waals surface area contributed by atoms with Crippen LogP contribution >= 0.6 is 15.9 Å². The third-order valence-corrected chi connectivity index (χ3v) is 6.65. The van der Waals surface area contributed by atoms with Gasteiger partial charge in [-0.1, -0.05) is 32.8 Å². The minimum absolute atomic E-state index is 0.0940. The highest BCUT2D eigenvalue weighted by molar-refractivity contribution is 9.10. The zero-order chi connectivity index (χ0) is 22.0. The van der Waals surface area contributed by atoms with Gasteiger partial charge in [-0.05, 0) is 46.5 Å². The summed E-state index contributed by atoms with van der Waals surface area (Å²) in [5.74, 6) is -1.37. The van der Waals surface area contributed by atoms with Gasteiger partial charge in [0.1, 0.15) is 17.0 Å². The number of benzene rings is 1. The van der Waals surface area contributed by atoms with E-state index in [1.54, 1.807) is 13.2 Å². The highest BCUT2D eigenvalue weighted by Crippen LogP contribution is 2.82. The standard InChI is InChI=1S/C22H27BrN4O3/c1-4-6-10-29-22(30-11-7-5-2)21(14-25)18(20(21,13-24)19(26)27-22)15-8-9-17(28-3)16(23)12-15/h8-9,12,18H,4-7,10-11H2,1-3H3,(H2,26,27). The van der Waals surface area contributed by atoms with Gasteiger partial charge in [0.2, 0.25) is 0 Å². The molecule has 0 radical (unpaired) electrons. The van der Waals surface area contributed by atoms with Crippen molar-refractivity contribution in [3.8, 4) is 17.9 Å². The smallest absolute Gasteiger partial charge is 0.293 e. The first-order chi connectivity index (χ1) is 14.4. The van der Waals surface area contributed by atoms with Crippen molar-refractivity contribution in [3.05, 3.63) is 28.2 Å². The van der Waals surface area contributed by atoms with Crippen molar-refractivity contribution >= 4 is 21.8 Å². The topological polar surface area (TPSA) is 114 Å². The fourth-order valence-corrected chi connectivity index (χ4v) is 4.99. The number of aliphatic imine (C=N–C) groups is 1. The van der Waals surface area contributed by atoms with Crippen molar-refractivity contribution in [2.75, 3.05) is 20.3 Å². The number of amidine groups is 1. The maximum Gasteiger partial charge on any atom is 0.293 e. The maximum absolute atomic E-state index is 10.4. The Balaban J connectivity index is 2.11. The van der Waals surface area contributed by atoms with E-state index in [1.807, 2.05) is 12.1 Å². The summed E-state index contributed by atoms with van der Waals surface area (Å²) >= 11 is 3.49. The molecular weight excluding hydrogens is 448 g/mol. The van der Waals surface area contributed by atoms with Crippen LogP contribution in [0.4, 0.5) is 0 Å². The first-order valence-corrected chi connectivity index (χ1v) is 11.0. The molecule has 1 aromatic rings. The van der Waals surface area contributed by atoms with E-state index < -0.39 is 22.7 Å². The third-order valence-electron chi connectivity index (χ3n) is 6.03. The second-order valence-electron chi connectivity index (χ2n) is 7.65. The maximum atomic E-state index is 10.4. The number of unbranched alkanes of at least 4 members (excludes halogenated alkanes) is 2. The van der Waals surface area contributed by atoms with Crippen LogP contribution in [0.25, 0.3) is 0 Å². The van der Waals surface area contributed by atoms with Crippen molar-refractivity contribution in [2.24, 2.45) is 21.6 Å². The Morgan fingerprint density at radius 2 is 1.77 bits per heavy atom. The lowest BCUT2D eigenvalue weighted by molar-refractivity contribution is -0.260. The summed E-state index contributed by atoms with van der Waals surface area (Å²) in [7, 11) is 1.58. The Bertz CT molecular complexity index is 912. The second kappa shape index (κ2) is 8.55. The van der Waals surface area contributed by atoms with Gasteiger partial charge in [0.15, 0.2) is 5.41 Å². The normalized spacial score (nSPS) is 28.2. The molecule has 7 nitrogen and oxygen atoms in total. The number of nitrogens with zero attached hydrogens (tertiary/aromatic N) is 3. The van der Waals surface area contributed by atoms with Gasteiger partial charge in [0, 0.05) is 5.92 Å². The van der Waals surface area contributed by atoms with Crippen LogP contribution in [0.2, 0.25) is 0 Å². The van der Waals surface area contributed by atoms with Gasteiger partial charge < -0.3 is 19.9 Å². The summed E-state index contributed by atoms with van der Waals surface area (Å²) in [5.41, 5.74) is 4.45. The van der Waals surface area contributed by atoms with Crippen molar-refractivity contribution in [1.82, 2.24) is 0 Å². The van der Waals surface area contributed by atoms with Crippen LogP contribution in [-0.2, 0) is 9.47 Å². The molecule has 3 rings (SSSR count). The Kier molecular flexibility index (Phi) is 6.43. The molecule has 1 aliphatic heterocycles. The van der Waals surface area contributed by atoms with Gasteiger partial charge in [-0.15, -0.1) is 0 Å². The zero-order valence-electron chi connectivity index (χ0n) is 17.6. The number of halogens is 1. The van der Waals surface area contributed by atoms with Gasteiger partial charge in [0.25, 0.3) is 5.91 Å². The molecule has 2 aliphatic rings. The summed E-state index contributed by atoms with van der Waals surface area (Å²) in [6, 6.07) is 10.2. The molecule has 2 N–H and O–H groups in total. The number of nitriles is 2. The molecule has 1 heterocycles. The lowest BCUT2D eigenvalue weighted by atomic mass is 9.93. The minimum atomic E-state index is -1.59. The van der Waals surface area contributed by atoms with Crippen LogP contribution in [0.3, 0.4) is 0 Å². The molecule has 30 heavy (non-hydrogen) atoms. The highest BCUT2D eigenvalue weighted by Gasteiger charge is 2.93. The molecular formula is C22H27BrN4O3. The first kappa shape index (κ1) is 22.6. The van der Waals surface area contributed by atoms with E-state index in [0.29, 0.717) is 19.0 Å². The van der Waals surface area contributed by atoms with Crippen LogP contribution in [0.15, 0.2) is 27.7 Å². The minimum Gasteiger partial charge on any atom is -0.496 e. The van der Waals surface area contributed by atoms with Crippen molar-refractivity contribution < 1.29 is 14.2 Å². The highest BCUT2D eigenvalue weighted by atomic mass is 79.9. The molecule has 3 unspecified atom stereocenters.